The molecule has 60 heavy (non-hydrogen) atoms. The number of nitrogens with zero attached hydrogens (tertiary/aromatic N) is 4. The maximum absolute atomic E-state index is 5.29. The van der Waals surface area contributed by atoms with Crippen molar-refractivity contribution in [3.8, 4) is 22.3 Å². The van der Waals surface area contributed by atoms with Gasteiger partial charge >= 0.3 is 0 Å². The SMILES string of the molecule is C=CC=C.C=C\C=C/C(=C\C)C(/N=C(N=C)c1ccccc1)=N/Cn1c2ccc(-c3ccc4ccccc4c3)cc2c2ccc3c4cc(-c5ccccc5)ccc4sc3c21. The largest absolute Gasteiger partial charge is 0.319 e. The van der Waals surface area contributed by atoms with E-state index >= 15 is 0 Å². The number of fused-ring (bicyclic) bond motifs is 8. The Labute approximate surface area is 355 Å². The summed E-state index contributed by atoms with van der Waals surface area (Å²) in [6.07, 6.45) is 10.9. The molecule has 0 N–H and O–H groups in total. The lowest BCUT2D eigenvalue weighted by atomic mass is 9.99. The minimum atomic E-state index is 0.343. The normalized spacial score (nSPS) is 12.3. The molecule has 0 amide bonds. The Morgan fingerprint density at radius 2 is 1.27 bits per heavy atom. The second-order valence-corrected chi connectivity index (χ2v) is 15.2. The maximum atomic E-state index is 5.29. The molecule has 5 heteroatoms. The summed E-state index contributed by atoms with van der Waals surface area (Å²) in [5.41, 5.74) is 8.80. The first-order valence-corrected chi connectivity index (χ1v) is 20.7. The summed E-state index contributed by atoms with van der Waals surface area (Å²) >= 11 is 1.84. The fourth-order valence-electron chi connectivity index (χ4n) is 7.60. The van der Waals surface area contributed by atoms with Crippen LogP contribution in [0.1, 0.15) is 12.5 Å². The van der Waals surface area contributed by atoms with Crippen LogP contribution in [0.15, 0.2) is 228 Å². The van der Waals surface area contributed by atoms with E-state index in [0.29, 0.717) is 18.3 Å². The van der Waals surface area contributed by atoms with Gasteiger partial charge in [0.15, 0.2) is 11.7 Å². The van der Waals surface area contributed by atoms with Gasteiger partial charge in [0.25, 0.3) is 0 Å². The van der Waals surface area contributed by atoms with Crippen molar-refractivity contribution in [2.45, 2.75) is 13.6 Å². The number of amidine groups is 2. The molecule has 0 unspecified atom stereocenters. The van der Waals surface area contributed by atoms with E-state index in [-0.39, 0.29) is 0 Å². The molecule has 0 fully saturated rings. The van der Waals surface area contributed by atoms with Crippen LogP contribution < -0.4 is 0 Å². The van der Waals surface area contributed by atoms with E-state index in [4.69, 9.17) is 9.98 Å². The molecule has 0 bridgehead atoms. The van der Waals surface area contributed by atoms with Gasteiger partial charge in [-0.3, -0.25) is 0 Å². The minimum Gasteiger partial charge on any atom is -0.319 e. The number of hydrogen-bond donors (Lipinski definition) is 0. The van der Waals surface area contributed by atoms with E-state index < -0.39 is 0 Å². The van der Waals surface area contributed by atoms with Crippen LogP contribution >= 0.6 is 11.3 Å². The van der Waals surface area contributed by atoms with Gasteiger partial charge < -0.3 is 4.57 Å². The molecule has 290 valence electrons. The number of thiophene rings is 1. The Morgan fingerprint density at radius 1 is 0.617 bits per heavy atom. The van der Waals surface area contributed by atoms with Gasteiger partial charge in [0.2, 0.25) is 0 Å². The first kappa shape index (κ1) is 39.4. The Bertz CT molecular complexity index is 3190. The van der Waals surface area contributed by atoms with Crippen LogP contribution in [0.25, 0.3) is 75.0 Å². The van der Waals surface area contributed by atoms with Crippen molar-refractivity contribution in [2.24, 2.45) is 15.0 Å². The van der Waals surface area contributed by atoms with Crippen molar-refractivity contribution in [3.63, 3.8) is 0 Å². The van der Waals surface area contributed by atoms with Gasteiger partial charge in [-0.1, -0.05) is 178 Å². The molecule has 9 aromatic rings. The Kier molecular flexibility index (Phi) is 11.8. The van der Waals surface area contributed by atoms with E-state index in [1.165, 1.54) is 64.0 Å². The van der Waals surface area contributed by atoms with E-state index in [1.54, 1.807) is 18.2 Å². The van der Waals surface area contributed by atoms with Gasteiger partial charge in [-0.2, -0.15) is 0 Å². The van der Waals surface area contributed by atoms with Gasteiger partial charge in [0.05, 0.1) is 15.7 Å². The highest BCUT2D eigenvalue weighted by atomic mass is 32.1. The van der Waals surface area contributed by atoms with Gasteiger partial charge in [0.1, 0.15) is 6.67 Å². The third kappa shape index (κ3) is 7.87. The molecule has 0 saturated carbocycles. The summed E-state index contributed by atoms with van der Waals surface area (Å²) in [6.45, 7) is 16.8. The molecule has 0 aliphatic carbocycles. The molecule has 7 aromatic carbocycles. The first-order valence-electron chi connectivity index (χ1n) is 19.9. The van der Waals surface area contributed by atoms with Crippen molar-refractivity contribution in [2.75, 3.05) is 0 Å². The summed E-state index contributed by atoms with van der Waals surface area (Å²) in [4.78, 5) is 14.7. The summed E-state index contributed by atoms with van der Waals surface area (Å²) in [7, 11) is 0. The third-order valence-corrected chi connectivity index (χ3v) is 11.7. The molecule has 0 aliphatic rings. The second-order valence-electron chi connectivity index (χ2n) is 14.1. The summed E-state index contributed by atoms with van der Waals surface area (Å²) in [5, 5.41) is 7.34. The number of rotatable bonds is 9. The molecular weight excluding hydrogens is 749 g/mol. The number of aromatic nitrogens is 1. The average Bonchev–Trinajstić information content (AvgIpc) is 3.85. The van der Waals surface area contributed by atoms with Crippen LogP contribution in [0.2, 0.25) is 0 Å². The molecular formula is C55H44N4S. The zero-order valence-electron chi connectivity index (χ0n) is 33.6. The highest BCUT2D eigenvalue weighted by Crippen LogP contribution is 2.44. The Balaban J connectivity index is 0.00000120. The Hall–Kier alpha value is -7.47. The molecule has 2 heterocycles. The van der Waals surface area contributed by atoms with Crippen molar-refractivity contribution >= 4 is 82.5 Å². The molecule has 2 aromatic heterocycles. The monoisotopic (exact) mass is 792 g/mol. The molecule has 0 spiro atoms. The number of hydrogen-bond acceptors (Lipinski definition) is 2. The van der Waals surface area contributed by atoms with Crippen LogP contribution in [0.4, 0.5) is 0 Å². The van der Waals surface area contributed by atoms with Crippen LogP contribution in [-0.4, -0.2) is 23.0 Å². The lowest BCUT2D eigenvalue weighted by Crippen LogP contribution is -2.07. The van der Waals surface area contributed by atoms with Crippen LogP contribution in [0.5, 0.6) is 0 Å². The third-order valence-electron chi connectivity index (χ3n) is 10.6. The number of benzene rings is 7. The van der Waals surface area contributed by atoms with Crippen LogP contribution in [0.3, 0.4) is 0 Å². The summed E-state index contributed by atoms with van der Waals surface area (Å²) < 4.78 is 4.85. The molecule has 0 saturated heterocycles. The summed E-state index contributed by atoms with van der Waals surface area (Å²) in [5.74, 6) is 1.08. The molecule has 4 nitrogen and oxygen atoms in total. The molecule has 0 atom stereocenters. The van der Waals surface area contributed by atoms with Crippen LogP contribution in [-0.2, 0) is 6.67 Å². The maximum Gasteiger partial charge on any atom is 0.161 e. The van der Waals surface area contributed by atoms with Crippen molar-refractivity contribution in [1.29, 1.82) is 0 Å². The van der Waals surface area contributed by atoms with E-state index in [0.717, 1.165) is 22.2 Å². The molecule has 0 aliphatic heterocycles. The first-order chi connectivity index (χ1) is 29.5. The lowest BCUT2D eigenvalue weighted by Gasteiger charge is -2.09. The molecule has 0 radical (unpaired) electrons. The highest BCUT2D eigenvalue weighted by molar-refractivity contribution is 7.26. The minimum absolute atomic E-state index is 0.343. The summed E-state index contributed by atoms with van der Waals surface area (Å²) in [6, 6.07) is 54.0. The zero-order valence-corrected chi connectivity index (χ0v) is 34.4. The van der Waals surface area contributed by atoms with Gasteiger partial charge in [0, 0.05) is 37.4 Å². The second kappa shape index (κ2) is 18.0. The topological polar surface area (TPSA) is 42.0 Å². The fourth-order valence-corrected chi connectivity index (χ4v) is 8.84. The average molecular weight is 793 g/mol. The fraction of sp³-hybridized carbons (Fsp3) is 0.0364. The lowest BCUT2D eigenvalue weighted by molar-refractivity contribution is 0.793. The van der Waals surface area contributed by atoms with Crippen molar-refractivity contribution < 1.29 is 0 Å². The quantitative estimate of drug-likeness (QED) is 0.0794. The van der Waals surface area contributed by atoms with E-state index in [1.807, 2.05) is 66.8 Å². The zero-order chi connectivity index (χ0) is 41.4. The number of aliphatic imine (C=N–C) groups is 3. The predicted octanol–water partition coefficient (Wildman–Crippen LogP) is 15.2. The number of allylic oxidation sites excluding steroid dienone is 5. The van der Waals surface area contributed by atoms with Crippen molar-refractivity contribution in [3.05, 3.63) is 219 Å². The predicted molar refractivity (Wildman–Crippen MR) is 264 cm³/mol. The van der Waals surface area contributed by atoms with Crippen molar-refractivity contribution in [1.82, 2.24) is 4.57 Å². The van der Waals surface area contributed by atoms with E-state index in [2.05, 4.69) is 157 Å². The van der Waals surface area contributed by atoms with E-state index in [9.17, 15) is 0 Å². The Morgan fingerprint density at radius 3 is 2.00 bits per heavy atom. The smallest absolute Gasteiger partial charge is 0.161 e. The van der Waals surface area contributed by atoms with Gasteiger partial charge in [-0.05, 0) is 77.0 Å². The highest BCUT2D eigenvalue weighted by Gasteiger charge is 2.19. The van der Waals surface area contributed by atoms with Gasteiger partial charge in [-0.15, -0.1) is 11.3 Å². The standard InChI is InChI=1S/C51H38N4S.C4H6/c1-4-6-15-34(5-2)51(54-50(52-3)37-19-11-8-12-20-37)53-33-55-46-28-24-41(39-23-22-36-18-13-14-21-38(36)30-39)31-44(46)42-26-27-43-45-32-40(35-16-9-7-10-17-35)25-29-47(45)56-49(43)48(42)55;1-3-4-2/h4-32H,1,3,33H2,2H3;3-4H,1-2H2/b15-6-,34-5+,53-51-,54-50?;. The molecule has 9 rings (SSSR count). The van der Waals surface area contributed by atoms with Gasteiger partial charge in [-0.25, -0.2) is 15.0 Å². The van der Waals surface area contributed by atoms with Crippen LogP contribution in [0, 0.1) is 0 Å².